The summed E-state index contributed by atoms with van der Waals surface area (Å²) in [7, 11) is 1.64. The second-order valence-electron chi connectivity index (χ2n) is 5.53. The van der Waals surface area contributed by atoms with E-state index < -0.39 is 5.97 Å². The summed E-state index contributed by atoms with van der Waals surface area (Å²) >= 11 is 0. The van der Waals surface area contributed by atoms with E-state index in [0.717, 1.165) is 30.6 Å². The van der Waals surface area contributed by atoms with E-state index in [1.807, 2.05) is 18.2 Å². The van der Waals surface area contributed by atoms with Crippen molar-refractivity contribution in [1.82, 2.24) is 0 Å². The first kappa shape index (κ1) is 12.5. The molecule has 2 atom stereocenters. The molecule has 4 nitrogen and oxygen atoms in total. The molecule has 0 radical (unpaired) electrons. The molecule has 1 heterocycles. The molecule has 0 unspecified atom stereocenters. The van der Waals surface area contributed by atoms with Crippen molar-refractivity contribution in [3.63, 3.8) is 0 Å². The number of methoxy groups -OCH3 is 1. The van der Waals surface area contributed by atoms with Gasteiger partial charge in [-0.3, -0.25) is 4.79 Å². The van der Waals surface area contributed by atoms with Crippen LogP contribution in [-0.2, 0) is 16.0 Å². The number of carboxylic acid groups (broad SMARTS) is 1. The van der Waals surface area contributed by atoms with Gasteiger partial charge in [-0.1, -0.05) is 6.07 Å². The highest BCUT2D eigenvalue weighted by Gasteiger charge is 2.49. The average Bonchev–Trinajstić information content (AvgIpc) is 2.70. The van der Waals surface area contributed by atoms with Gasteiger partial charge >= 0.3 is 5.97 Å². The first-order chi connectivity index (χ1) is 9.14. The van der Waals surface area contributed by atoms with Crippen molar-refractivity contribution in [3.8, 4) is 5.75 Å². The topological polar surface area (TPSA) is 55.8 Å². The normalized spacial score (nSPS) is 28.6. The Labute approximate surface area is 112 Å². The average molecular weight is 262 g/mol. The maximum atomic E-state index is 11.2. The molecule has 1 saturated heterocycles. The molecule has 1 aliphatic carbocycles. The van der Waals surface area contributed by atoms with Crippen molar-refractivity contribution in [1.29, 1.82) is 0 Å². The minimum absolute atomic E-state index is 0.0950. The fourth-order valence-electron chi connectivity index (χ4n) is 3.56. The van der Waals surface area contributed by atoms with Crippen LogP contribution in [0.1, 0.15) is 36.5 Å². The Morgan fingerprint density at radius 2 is 2.42 bits per heavy atom. The third-order valence-corrected chi connectivity index (χ3v) is 4.34. The third-order valence-electron chi connectivity index (χ3n) is 4.34. The summed E-state index contributed by atoms with van der Waals surface area (Å²) in [5, 5.41) is 9.21. The molecular weight excluding hydrogens is 244 g/mol. The van der Waals surface area contributed by atoms with Gasteiger partial charge in [-0.15, -0.1) is 0 Å². The number of aliphatic carboxylic acids is 1. The third kappa shape index (κ3) is 2.00. The monoisotopic (exact) mass is 262 g/mol. The Balaban J connectivity index is 2.01. The first-order valence-electron chi connectivity index (χ1n) is 6.65. The molecule has 1 aliphatic heterocycles. The van der Waals surface area contributed by atoms with Gasteiger partial charge in [0, 0.05) is 12.0 Å². The molecule has 1 aromatic carbocycles. The fourth-order valence-corrected chi connectivity index (χ4v) is 3.56. The minimum atomic E-state index is -0.740. The van der Waals surface area contributed by atoms with Gasteiger partial charge in [0.15, 0.2) is 0 Å². The molecule has 0 aromatic heterocycles. The second-order valence-corrected chi connectivity index (χ2v) is 5.53. The summed E-state index contributed by atoms with van der Waals surface area (Å²) < 4.78 is 11.2. The number of hydrogen-bond donors (Lipinski definition) is 1. The zero-order valence-corrected chi connectivity index (χ0v) is 11.0. The van der Waals surface area contributed by atoms with Gasteiger partial charge in [0.05, 0.1) is 19.6 Å². The Morgan fingerprint density at radius 1 is 1.58 bits per heavy atom. The van der Waals surface area contributed by atoms with Gasteiger partial charge in [0.25, 0.3) is 0 Å². The summed E-state index contributed by atoms with van der Waals surface area (Å²) in [6.07, 6.45) is 2.73. The fraction of sp³-hybridized carbons (Fsp3) is 0.533. The Hall–Kier alpha value is -1.55. The van der Waals surface area contributed by atoms with E-state index in [4.69, 9.17) is 9.47 Å². The van der Waals surface area contributed by atoms with E-state index in [9.17, 15) is 9.90 Å². The number of carboxylic acids is 1. The molecule has 1 aromatic rings. The molecular formula is C15H18O4. The van der Waals surface area contributed by atoms with Crippen LogP contribution in [0.15, 0.2) is 18.2 Å². The maximum absolute atomic E-state index is 11.2. The molecule has 19 heavy (non-hydrogen) atoms. The highest BCUT2D eigenvalue weighted by molar-refractivity contribution is 5.68. The zero-order valence-electron chi connectivity index (χ0n) is 11.0. The van der Waals surface area contributed by atoms with Gasteiger partial charge in [-0.05, 0) is 42.5 Å². The van der Waals surface area contributed by atoms with Gasteiger partial charge in [0.2, 0.25) is 0 Å². The Bertz CT molecular complexity index is 511. The SMILES string of the molecule is COc1ccc2c(c1)[C@@H]1OCCC[C@]1(CC(=O)O)C2. The first-order valence-corrected chi connectivity index (χ1v) is 6.65. The van der Waals surface area contributed by atoms with Crippen molar-refractivity contribution < 1.29 is 19.4 Å². The van der Waals surface area contributed by atoms with Crippen LogP contribution in [0.5, 0.6) is 5.75 Å². The van der Waals surface area contributed by atoms with Gasteiger partial charge in [-0.25, -0.2) is 0 Å². The van der Waals surface area contributed by atoms with Crippen LogP contribution in [-0.4, -0.2) is 24.8 Å². The van der Waals surface area contributed by atoms with Gasteiger partial charge in [-0.2, -0.15) is 0 Å². The standard InChI is InChI=1S/C15H18O4/c1-18-11-4-3-10-8-15(9-13(16)17)5-2-6-19-14(15)12(10)7-11/h3-4,7,14H,2,5-6,8-9H2,1H3,(H,16,17)/t14-,15+/m0/s1. The largest absolute Gasteiger partial charge is 0.497 e. The Morgan fingerprint density at radius 3 is 3.16 bits per heavy atom. The van der Waals surface area contributed by atoms with Crippen molar-refractivity contribution in [2.45, 2.75) is 31.8 Å². The molecule has 0 spiro atoms. The smallest absolute Gasteiger partial charge is 0.304 e. The lowest BCUT2D eigenvalue weighted by molar-refractivity contribution is -0.147. The molecule has 3 rings (SSSR count). The van der Waals surface area contributed by atoms with Gasteiger partial charge < -0.3 is 14.6 Å². The van der Waals surface area contributed by atoms with Crippen molar-refractivity contribution >= 4 is 5.97 Å². The number of fused-ring (bicyclic) bond motifs is 3. The lowest BCUT2D eigenvalue weighted by Gasteiger charge is -2.38. The summed E-state index contributed by atoms with van der Waals surface area (Å²) in [5.74, 6) is 0.0642. The predicted octanol–water partition coefficient (Wildman–Crippen LogP) is 2.56. The van der Waals surface area contributed by atoms with E-state index in [0.29, 0.717) is 6.61 Å². The van der Waals surface area contributed by atoms with E-state index in [1.165, 1.54) is 5.56 Å². The van der Waals surface area contributed by atoms with Crippen LogP contribution in [0.25, 0.3) is 0 Å². The highest BCUT2D eigenvalue weighted by atomic mass is 16.5. The lowest BCUT2D eigenvalue weighted by atomic mass is 9.74. The molecule has 2 aliphatic rings. The molecule has 1 N–H and O–H groups in total. The summed E-state index contributed by atoms with van der Waals surface area (Å²) in [5.41, 5.74) is 2.05. The molecule has 1 fully saturated rings. The van der Waals surface area contributed by atoms with Crippen LogP contribution in [0.2, 0.25) is 0 Å². The van der Waals surface area contributed by atoms with Crippen LogP contribution >= 0.6 is 0 Å². The van der Waals surface area contributed by atoms with Crippen LogP contribution in [0, 0.1) is 5.41 Å². The van der Waals surface area contributed by atoms with Crippen molar-refractivity contribution in [2.75, 3.05) is 13.7 Å². The van der Waals surface area contributed by atoms with Gasteiger partial charge in [0.1, 0.15) is 5.75 Å². The predicted molar refractivity (Wildman–Crippen MR) is 69.3 cm³/mol. The quantitative estimate of drug-likeness (QED) is 0.909. The van der Waals surface area contributed by atoms with Crippen LogP contribution in [0.3, 0.4) is 0 Å². The number of rotatable bonds is 3. The van der Waals surface area contributed by atoms with E-state index in [-0.39, 0.29) is 17.9 Å². The number of carbonyl (C=O) groups is 1. The van der Waals surface area contributed by atoms with E-state index in [1.54, 1.807) is 7.11 Å². The molecule has 0 amide bonds. The maximum Gasteiger partial charge on any atom is 0.304 e. The Kier molecular flexibility index (Phi) is 2.97. The van der Waals surface area contributed by atoms with Crippen LogP contribution < -0.4 is 4.74 Å². The zero-order chi connectivity index (χ0) is 13.5. The highest BCUT2D eigenvalue weighted by Crippen LogP contribution is 2.55. The molecule has 0 bridgehead atoms. The summed E-state index contributed by atoms with van der Waals surface area (Å²) in [4.78, 5) is 11.2. The minimum Gasteiger partial charge on any atom is -0.497 e. The number of hydrogen-bond acceptors (Lipinski definition) is 3. The summed E-state index contributed by atoms with van der Waals surface area (Å²) in [6.45, 7) is 0.711. The molecule has 0 saturated carbocycles. The second kappa shape index (κ2) is 4.53. The van der Waals surface area contributed by atoms with Crippen molar-refractivity contribution in [3.05, 3.63) is 29.3 Å². The molecule has 4 heteroatoms. The summed E-state index contributed by atoms with van der Waals surface area (Å²) in [6, 6.07) is 5.97. The van der Waals surface area contributed by atoms with E-state index >= 15 is 0 Å². The van der Waals surface area contributed by atoms with Crippen LogP contribution in [0.4, 0.5) is 0 Å². The van der Waals surface area contributed by atoms with E-state index in [2.05, 4.69) is 0 Å². The number of ether oxygens (including phenoxy) is 2. The lowest BCUT2D eigenvalue weighted by Crippen LogP contribution is -2.34. The molecule has 102 valence electrons. The van der Waals surface area contributed by atoms with Crippen molar-refractivity contribution in [2.24, 2.45) is 5.41 Å². The number of benzene rings is 1.